The fourth-order valence-electron chi connectivity index (χ4n) is 3.32. The zero-order valence-electron chi connectivity index (χ0n) is 17.0. The molecule has 0 unspecified atom stereocenters. The Balaban J connectivity index is 1.60. The summed E-state index contributed by atoms with van der Waals surface area (Å²) in [7, 11) is 0. The van der Waals surface area contributed by atoms with Crippen LogP contribution in [0.5, 0.6) is 5.75 Å². The van der Waals surface area contributed by atoms with E-state index in [-0.39, 0.29) is 18.1 Å². The van der Waals surface area contributed by atoms with Crippen molar-refractivity contribution in [2.45, 2.75) is 20.8 Å². The van der Waals surface area contributed by atoms with Crippen molar-refractivity contribution in [2.75, 3.05) is 6.61 Å². The van der Waals surface area contributed by atoms with E-state index in [9.17, 15) is 14.4 Å². The lowest BCUT2D eigenvalue weighted by Crippen LogP contribution is -2.44. The summed E-state index contributed by atoms with van der Waals surface area (Å²) in [5.41, 5.74) is 8.36. The summed E-state index contributed by atoms with van der Waals surface area (Å²) in [6.07, 6.45) is 0. The van der Waals surface area contributed by atoms with Gasteiger partial charge in [-0.15, -0.1) is 0 Å². The van der Waals surface area contributed by atoms with E-state index in [0.29, 0.717) is 22.6 Å². The van der Waals surface area contributed by atoms with Gasteiger partial charge in [-0.2, -0.15) is 0 Å². The highest BCUT2D eigenvalue weighted by Crippen LogP contribution is 2.29. The number of amides is 2. The summed E-state index contributed by atoms with van der Waals surface area (Å²) < 4.78 is 5.65. The Morgan fingerprint density at radius 1 is 0.933 bits per heavy atom. The van der Waals surface area contributed by atoms with Crippen LogP contribution in [-0.2, 0) is 4.79 Å². The molecule has 0 spiro atoms. The lowest BCUT2D eigenvalue weighted by atomic mass is 10.1. The molecule has 3 rings (SSSR count). The van der Waals surface area contributed by atoms with Crippen LogP contribution in [0, 0.1) is 13.8 Å². The zero-order valence-corrected chi connectivity index (χ0v) is 17.0. The number of hydrogen-bond donors (Lipinski definition) is 3. The lowest BCUT2D eigenvalue weighted by Gasteiger charge is -2.12. The minimum absolute atomic E-state index is 0.130. The van der Waals surface area contributed by atoms with Crippen molar-refractivity contribution >= 4 is 17.6 Å². The number of rotatable bonds is 6. The SMILES string of the molecule is CC(=O)c1c(C)[nH]c(C(=O)NNC(=O)COc2ccccc2-c2ccccc2)c1C. The molecule has 3 aromatic rings. The summed E-state index contributed by atoms with van der Waals surface area (Å²) >= 11 is 0. The summed E-state index contributed by atoms with van der Waals surface area (Å²) in [5.74, 6) is -0.623. The number of hydrazine groups is 1. The molecule has 1 heterocycles. The van der Waals surface area contributed by atoms with Gasteiger partial charge in [-0.1, -0.05) is 48.5 Å². The molecule has 2 amide bonds. The number of aromatic nitrogens is 1. The summed E-state index contributed by atoms with van der Waals surface area (Å²) in [5, 5.41) is 0. The van der Waals surface area contributed by atoms with Gasteiger partial charge in [-0.25, -0.2) is 0 Å². The second kappa shape index (κ2) is 9.09. The molecule has 0 saturated carbocycles. The van der Waals surface area contributed by atoms with E-state index >= 15 is 0 Å². The summed E-state index contributed by atoms with van der Waals surface area (Å²) in [6, 6.07) is 17.1. The summed E-state index contributed by atoms with van der Waals surface area (Å²) in [6.45, 7) is 4.57. The van der Waals surface area contributed by atoms with Crippen LogP contribution < -0.4 is 15.6 Å². The van der Waals surface area contributed by atoms with Crippen molar-refractivity contribution < 1.29 is 19.1 Å². The number of para-hydroxylation sites is 1. The molecule has 0 bridgehead atoms. The lowest BCUT2D eigenvalue weighted by molar-refractivity contribution is -0.123. The van der Waals surface area contributed by atoms with Gasteiger partial charge < -0.3 is 9.72 Å². The van der Waals surface area contributed by atoms with Crippen LogP contribution in [0.3, 0.4) is 0 Å². The van der Waals surface area contributed by atoms with Gasteiger partial charge in [0.25, 0.3) is 11.8 Å². The second-order valence-corrected chi connectivity index (χ2v) is 6.83. The molecule has 0 radical (unpaired) electrons. The number of carbonyl (C=O) groups is 3. The van der Waals surface area contributed by atoms with Crippen molar-refractivity contribution in [1.29, 1.82) is 0 Å². The minimum atomic E-state index is -0.541. The first-order chi connectivity index (χ1) is 14.4. The summed E-state index contributed by atoms with van der Waals surface area (Å²) in [4.78, 5) is 39.1. The third kappa shape index (κ3) is 4.57. The standard InChI is InChI=1S/C23H23N3O4/c1-14-21(16(3)27)15(2)24-22(14)23(29)26-25-20(28)13-30-19-12-8-7-11-18(19)17-9-5-4-6-10-17/h4-12,24H,13H2,1-3H3,(H,25,28)(H,26,29). The third-order valence-corrected chi connectivity index (χ3v) is 4.66. The average Bonchev–Trinajstić information content (AvgIpc) is 3.05. The maximum Gasteiger partial charge on any atom is 0.286 e. The van der Waals surface area contributed by atoms with Crippen molar-refractivity contribution in [3.63, 3.8) is 0 Å². The van der Waals surface area contributed by atoms with Crippen LogP contribution in [-0.4, -0.2) is 29.2 Å². The number of ether oxygens (including phenoxy) is 1. The highest BCUT2D eigenvalue weighted by atomic mass is 16.5. The Morgan fingerprint density at radius 2 is 1.60 bits per heavy atom. The maximum atomic E-state index is 12.4. The fraction of sp³-hybridized carbons (Fsp3) is 0.174. The highest BCUT2D eigenvalue weighted by molar-refractivity contribution is 6.02. The number of ketones is 1. The first-order valence-corrected chi connectivity index (χ1v) is 9.45. The Kier molecular flexibility index (Phi) is 6.32. The van der Waals surface area contributed by atoms with E-state index in [4.69, 9.17) is 4.74 Å². The molecule has 0 aliphatic carbocycles. The Bertz CT molecular complexity index is 1090. The predicted octanol–water partition coefficient (Wildman–Crippen LogP) is 3.34. The Hall–Kier alpha value is -3.87. The van der Waals surface area contributed by atoms with Crippen LogP contribution in [0.25, 0.3) is 11.1 Å². The number of aryl methyl sites for hydroxylation is 1. The van der Waals surface area contributed by atoms with E-state index in [2.05, 4.69) is 15.8 Å². The molecule has 7 nitrogen and oxygen atoms in total. The molecule has 3 N–H and O–H groups in total. The molecule has 0 fully saturated rings. The Morgan fingerprint density at radius 3 is 2.27 bits per heavy atom. The molecule has 0 saturated heterocycles. The number of hydrogen-bond acceptors (Lipinski definition) is 4. The normalized spacial score (nSPS) is 10.4. The molecule has 0 atom stereocenters. The number of carbonyl (C=O) groups excluding carboxylic acids is 3. The van der Waals surface area contributed by atoms with Gasteiger partial charge in [-0.3, -0.25) is 25.2 Å². The number of nitrogens with one attached hydrogen (secondary N) is 3. The number of Topliss-reactive ketones (excluding diaryl/α,β-unsaturated/α-hetero) is 1. The molecule has 1 aromatic heterocycles. The molecular weight excluding hydrogens is 382 g/mol. The maximum absolute atomic E-state index is 12.4. The topological polar surface area (TPSA) is 100 Å². The Labute approximate surface area is 174 Å². The van der Waals surface area contributed by atoms with E-state index in [1.165, 1.54) is 6.92 Å². The fourth-order valence-corrected chi connectivity index (χ4v) is 3.32. The van der Waals surface area contributed by atoms with Crippen molar-refractivity contribution in [2.24, 2.45) is 0 Å². The molecule has 0 aliphatic rings. The largest absolute Gasteiger partial charge is 0.483 e. The van der Waals surface area contributed by atoms with E-state index in [1.807, 2.05) is 48.5 Å². The second-order valence-electron chi connectivity index (χ2n) is 6.83. The molecular formula is C23H23N3O4. The van der Waals surface area contributed by atoms with Crippen LogP contribution in [0.2, 0.25) is 0 Å². The van der Waals surface area contributed by atoms with Gasteiger partial charge in [0.05, 0.1) is 0 Å². The molecule has 7 heteroatoms. The van der Waals surface area contributed by atoms with Crippen LogP contribution >= 0.6 is 0 Å². The first kappa shape index (κ1) is 20.9. The minimum Gasteiger partial charge on any atom is -0.483 e. The van der Waals surface area contributed by atoms with Gasteiger partial charge in [-0.05, 0) is 38.0 Å². The van der Waals surface area contributed by atoms with E-state index < -0.39 is 11.8 Å². The van der Waals surface area contributed by atoms with Crippen LogP contribution in [0.1, 0.15) is 39.0 Å². The quantitative estimate of drug-likeness (QED) is 0.432. The number of H-pyrrole nitrogens is 1. The van der Waals surface area contributed by atoms with E-state index in [1.54, 1.807) is 19.9 Å². The molecule has 2 aromatic carbocycles. The monoisotopic (exact) mass is 405 g/mol. The van der Waals surface area contributed by atoms with Gasteiger partial charge in [0, 0.05) is 16.8 Å². The first-order valence-electron chi connectivity index (χ1n) is 9.45. The van der Waals surface area contributed by atoms with Gasteiger partial charge in [0.2, 0.25) is 0 Å². The molecule has 154 valence electrons. The van der Waals surface area contributed by atoms with Crippen molar-refractivity contribution in [1.82, 2.24) is 15.8 Å². The number of aromatic amines is 1. The third-order valence-electron chi connectivity index (χ3n) is 4.66. The van der Waals surface area contributed by atoms with Gasteiger partial charge in [0.15, 0.2) is 12.4 Å². The average molecular weight is 405 g/mol. The molecule has 0 aliphatic heterocycles. The highest BCUT2D eigenvalue weighted by Gasteiger charge is 2.20. The van der Waals surface area contributed by atoms with Crippen molar-refractivity contribution in [3.8, 4) is 16.9 Å². The van der Waals surface area contributed by atoms with E-state index in [0.717, 1.165) is 11.1 Å². The van der Waals surface area contributed by atoms with Gasteiger partial charge in [0.1, 0.15) is 11.4 Å². The van der Waals surface area contributed by atoms with Crippen LogP contribution in [0.4, 0.5) is 0 Å². The smallest absolute Gasteiger partial charge is 0.286 e. The molecule has 30 heavy (non-hydrogen) atoms. The van der Waals surface area contributed by atoms with Gasteiger partial charge >= 0.3 is 0 Å². The van der Waals surface area contributed by atoms with Crippen molar-refractivity contribution in [3.05, 3.63) is 77.1 Å². The van der Waals surface area contributed by atoms with Crippen LogP contribution in [0.15, 0.2) is 54.6 Å². The zero-order chi connectivity index (χ0) is 21.7. The predicted molar refractivity (Wildman–Crippen MR) is 113 cm³/mol. The number of benzene rings is 2.